The van der Waals surface area contributed by atoms with E-state index < -0.39 is 0 Å². The fraction of sp³-hybridized carbons (Fsp3) is 0.529. The molecule has 1 amide bonds. The molecule has 0 aliphatic rings. The van der Waals surface area contributed by atoms with E-state index >= 15 is 0 Å². The number of benzene rings is 2. The first-order valence-electron chi connectivity index (χ1n) is 15.2. The number of methoxy groups -OCH3 is 1. The zero-order valence-electron chi connectivity index (χ0n) is 25.3. The minimum atomic E-state index is -0.0557. The summed E-state index contributed by atoms with van der Waals surface area (Å²) in [6, 6.07) is 13.7. The van der Waals surface area contributed by atoms with Crippen LogP contribution in [0.4, 0.5) is 5.69 Å². The summed E-state index contributed by atoms with van der Waals surface area (Å²) >= 11 is 1.72. The molecule has 0 saturated carbocycles. The van der Waals surface area contributed by atoms with Gasteiger partial charge in [-0.05, 0) is 18.6 Å². The second-order valence-corrected chi connectivity index (χ2v) is 11.7. The van der Waals surface area contributed by atoms with E-state index in [0.29, 0.717) is 6.61 Å². The minimum absolute atomic E-state index is 0. The summed E-state index contributed by atoms with van der Waals surface area (Å²) in [4.78, 5) is 13.1. The summed E-state index contributed by atoms with van der Waals surface area (Å²) in [6.07, 6.45) is 18.1. The first-order valence-corrected chi connectivity index (χ1v) is 16.1. The van der Waals surface area contributed by atoms with E-state index in [1.807, 2.05) is 36.4 Å². The van der Waals surface area contributed by atoms with E-state index in [4.69, 9.17) is 9.47 Å². The van der Waals surface area contributed by atoms with Gasteiger partial charge in [0.1, 0.15) is 11.5 Å². The number of carbonyl (C=O) groups excluding carboxylic acids is 1. The number of thiazole rings is 1. The molecule has 0 bridgehead atoms. The number of nitrogens with one attached hydrogen (secondary N) is 1. The Balaban J connectivity index is 0.00000588. The van der Waals surface area contributed by atoms with Gasteiger partial charge in [-0.2, -0.15) is 4.57 Å². The topological polar surface area (TPSA) is 51.4 Å². The van der Waals surface area contributed by atoms with Crippen molar-refractivity contribution in [1.29, 1.82) is 0 Å². The lowest BCUT2D eigenvalue weighted by atomic mass is 10.1. The molecule has 7 heteroatoms. The molecule has 5 nitrogen and oxygen atoms in total. The van der Waals surface area contributed by atoms with E-state index in [0.717, 1.165) is 41.3 Å². The molecule has 0 spiro atoms. The summed E-state index contributed by atoms with van der Waals surface area (Å²) in [5.41, 5.74) is 2.80. The first-order chi connectivity index (χ1) is 19.6. The fourth-order valence-corrected chi connectivity index (χ4v) is 5.60. The Labute approximate surface area is 262 Å². The lowest BCUT2D eigenvalue weighted by molar-refractivity contribution is -0.689. The van der Waals surface area contributed by atoms with Crippen LogP contribution in [0, 0.1) is 6.92 Å². The molecular formula is C34H49BrN2O3S. The second kappa shape index (κ2) is 20.5. The number of ether oxygens (including phenoxy) is 2. The van der Waals surface area contributed by atoms with Crippen LogP contribution in [0.25, 0.3) is 0 Å². The van der Waals surface area contributed by atoms with Crippen LogP contribution in [0.5, 0.6) is 11.5 Å². The van der Waals surface area contributed by atoms with Gasteiger partial charge in [0.25, 0.3) is 0 Å². The summed E-state index contributed by atoms with van der Waals surface area (Å²) in [5, 5.41) is 6.44. The van der Waals surface area contributed by atoms with E-state index in [9.17, 15) is 4.79 Å². The Morgan fingerprint density at radius 3 is 2.17 bits per heavy atom. The van der Waals surface area contributed by atoms with E-state index in [1.165, 1.54) is 75.6 Å². The number of hydrogen-bond acceptors (Lipinski definition) is 4. The highest BCUT2D eigenvalue weighted by molar-refractivity contribution is 7.09. The van der Waals surface area contributed by atoms with Gasteiger partial charge in [-0.15, -0.1) is 0 Å². The minimum Gasteiger partial charge on any atom is -1.00 e. The largest absolute Gasteiger partial charge is 1.00 e. The third-order valence-electron chi connectivity index (χ3n) is 7.40. The van der Waals surface area contributed by atoms with Crippen molar-refractivity contribution in [2.24, 2.45) is 0 Å². The number of nitrogens with zero attached hydrogens (tertiary/aromatic N) is 1. The van der Waals surface area contributed by atoms with Crippen LogP contribution in [-0.2, 0) is 17.8 Å². The van der Waals surface area contributed by atoms with Gasteiger partial charge in [0.15, 0.2) is 12.7 Å². The highest BCUT2D eigenvalue weighted by atomic mass is 79.9. The Kier molecular flexibility index (Phi) is 17.4. The van der Waals surface area contributed by atoms with Crippen molar-refractivity contribution in [3.05, 3.63) is 70.2 Å². The van der Waals surface area contributed by atoms with Crippen molar-refractivity contribution < 1.29 is 35.8 Å². The average Bonchev–Trinajstić information content (AvgIpc) is 3.37. The first kappa shape index (κ1) is 34.8. The average molecular weight is 646 g/mol. The highest BCUT2D eigenvalue weighted by Gasteiger charge is 2.15. The molecule has 0 aliphatic carbocycles. The van der Waals surface area contributed by atoms with E-state index in [2.05, 4.69) is 41.4 Å². The van der Waals surface area contributed by atoms with Gasteiger partial charge in [-0.1, -0.05) is 113 Å². The Morgan fingerprint density at radius 2 is 1.54 bits per heavy atom. The van der Waals surface area contributed by atoms with Crippen molar-refractivity contribution in [3.63, 3.8) is 0 Å². The monoisotopic (exact) mass is 644 g/mol. The number of anilines is 1. The maximum Gasteiger partial charge on any atom is 0.234 e. The molecule has 0 aliphatic heterocycles. The van der Waals surface area contributed by atoms with Crippen molar-refractivity contribution in [2.45, 2.75) is 104 Å². The quantitative estimate of drug-likeness (QED) is 0.127. The van der Waals surface area contributed by atoms with Crippen LogP contribution in [0.3, 0.4) is 0 Å². The molecule has 0 saturated heterocycles. The van der Waals surface area contributed by atoms with Gasteiger partial charge >= 0.3 is 0 Å². The van der Waals surface area contributed by atoms with Crippen molar-refractivity contribution in [1.82, 2.24) is 0 Å². The molecule has 0 unspecified atom stereocenters. The predicted molar refractivity (Wildman–Crippen MR) is 167 cm³/mol. The molecule has 1 N–H and O–H groups in total. The Hall–Kier alpha value is -2.38. The van der Waals surface area contributed by atoms with Crippen LogP contribution in [-0.4, -0.2) is 19.6 Å². The maximum atomic E-state index is 13.1. The number of hydrogen-bond donors (Lipinski definition) is 1. The molecule has 3 rings (SSSR count). The predicted octanol–water partition coefficient (Wildman–Crippen LogP) is 5.67. The smallest absolute Gasteiger partial charge is 0.234 e. The highest BCUT2D eigenvalue weighted by Crippen LogP contribution is 2.26. The fourth-order valence-electron chi connectivity index (χ4n) is 4.94. The number of rotatable bonds is 20. The number of aromatic nitrogens is 1. The van der Waals surface area contributed by atoms with Crippen molar-refractivity contribution in [3.8, 4) is 11.5 Å². The molecule has 2 aromatic carbocycles. The molecule has 226 valence electrons. The van der Waals surface area contributed by atoms with E-state index in [1.54, 1.807) is 18.4 Å². The number of carbonyl (C=O) groups is 1. The summed E-state index contributed by atoms with van der Waals surface area (Å²) in [7, 11) is 1.65. The third kappa shape index (κ3) is 13.0. The molecular weight excluding hydrogens is 596 g/mol. The zero-order chi connectivity index (χ0) is 28.4. The van der Waals surface area contributed by atoms with Crippen molar-refractivity contribution >= 4 is 22.9 Å². The zero-order valence-corrected chi connectivity index (χ0v) is 27.7. The van der Waals surface area contributed by atoms with Crippen LogP contribution < -0.4 is 36.3 Å². The Morgan fingerprint density at radius 1 is 0.878 bits per heavy atom. The van der Waals surface area contributed by atoms with Crippen LogP contribution in [0.2, 0.25) is 0 Å². The number of unbranched alkanes of at least 4 members (excludes halogenated alkanes) is 11. The van der Waals surface area contributed by atoms with Gasteiger partial charge in [-0.25, -0.2) is 0 Å². The van der Waals surface area contributed by atoms with Crippen molar-refractivity contribution in [2.75, 3.05) is 19.0 Å². The SMILES string of the molecule is CCCCCCCCCCCCCCOc1cc(OC)ccc1CC(=O)Nc1ccccc1C[n+]1ccsc1C.[Br-]. The normalized spacial score (nSPS) is 10.7. The number of para-hydroxylation sites is 1. The Bertz CT molecular complexity index is 1150. The summed E-state index contributed by atoms with van der Waals surface area (Å²) in [6.45, 7) is 5.75. The molecule has 41 heavy (non-hydrogen) atoms. The summed E-state index contributed by atoms with van der Waals surface area (Å²) < 4.78 is 13.8. The number of aryl methyl sites for hydroxylation is 1. The standard InChI is InChI=1S/C34H48N2O3S.BrH/c1-4-5-6-7-8-9-10-11-12-13-14-17-23-39-33-26-31(38-3)21-20-29(33)25-34(37)35-32-19-16-15-18-30(32)27-36-22-24-40-28(36)2;/h15-16,18-22,24,26H,4-14,17,23,25,27H2,1-3H3;1H. The maximum absolute atomic E-state index is 13.1. The van der Waals surface area contributed by atoms with Gasteiger partial charge in [0.2, 0.25) is 10.9 Å². The molecule has 1 heterocycles. The molecule has 3 aromatic rings. The lowest BCUT2D eigenvalue weighted by Gasteiger charge is -2.14. The lowest BCUT2D eigenvalue weighted by Crippen LogP contribution is -3.00. The van der Waals surface area contributed by atoms with Gasteiger partial charge in [-0.3, -0.25) is 4.79 Å². The van der Waals surface area contributed by atoms with Crippen LogP contribution in [0.1, 0.15) is 100 Å². The number of amides is 1. The summed E-state index contributed by atoms with van der Waals surface area (Å²) in [5.74, 6) is 1.41. The van der Waals surface area contributed by atoms with Gasteiger partial charge in [0.05, 0.1) is 31.2 Å². The molecule has 0 radical (unpaired) electrons. The van der Waals surface area contributed by atoms with Gasteiger partial charge in [0, 0.05) is 24.1 Å². The van der Waals surface area contributed by atoms with Crippen LogP contribution in [0.15, 0.2) is 54.0 Å². The molecule has 0 atom stereocenters. The third-order valence-corrected chi connectivity index (χ3v) is 8.23. The second-order valence-electron chi connectivity index (χ2n) is 10.6. The number of halogens is 1. The van der Waals surface area contributed by atoms with E-state index in [-0.39, 0.29) is 29.3 Å². The van der Waals surface area contributed by atoms with Gasteiger partial charge < -0.3 is 31.8 Å². The molecule has 1 aromatic heterocycles. The van der Waals surface area contributed by atoms with Crippen LogP contribution >= 0.6 is 11.3 Å². The molecule has 0 fully saturated rings.